The first-order chi connectivity index (χ1) is 14.6. The molecule has 4 aromatic rings. The van der Waals surface area contributed by atoms with Gasteiger partial charge in [-0.2, -0.15) is 0 Å². The van der Waals surface area contributed by atoms with E-state index in [4.69, 9.17) is 0 Å². The van der Waals surface area contributed by atoms with E-state index in [1.165, 1.54) is 21.5 Å². The van der Waals surface area contributed by atoms with Crippen molar-refractivity contribution in [3.8, 4) is 5.75 Å². The SMILES string of the molecule is CCc1ccc(O)c(CP(Br)(c2ccccc2)(c2ccccc2)c2ccccc2)c1. The zero-order valence-electron chi connectivity index (χ0n) is 17.1. The van der Waals surface area contributed by atoms with E-state index in [-0.39, 0.29) is 0 Å². The van der Waals surface area contributed by atoms with Crippen molar-refractivity contribution in [3.05, 3.63) is 120 Å². The van der Waals surface area contributed by atoms with E-state index in [2.05, 4.69) is 119 Å². The van der Waals surface area contributed by atoms with Crippen molar-refractivity contribution in [3.63, 3.8) is 0 Å². The second-order valence-corrected chi connectivity index (χ2v) is 16.6. The van der Waals surface area contributed by atoms with Crippen LogP contribution in [0.25, 0.3) is 0 Å². The summed E-state index contributed by atoms with van der Waals surface area (Å²) in [5.74, 6) is 0.350. The Labute approximate surface area is 187 Å². The summed E-state index contributed by atoms with van der Waals surface area (Å²) in [6.45, 7) is 2.15. The summed E-state index contributed by atoms with van der Waals surface area (Å²) in [6.07, 6.45) is 1.64. The van der Waals surface area contributed by atoms with Crippen molar-refractivity contribution in [2.45, 2.75) is 19.5 Å². The van der Waals surface area contributed by atoms with Crippen LogP contribution in [0.2, 0.25) is 0 Å². The molecule has 1 nitrogen and oxygen atoms in total. The van der Waals surface area contributed by atoms with Crippen LogP contribution >= 0.6 is 20.8 Å². The van der Waals surface area contributed by atoms with E-state index in [1.54, 1.807) is 0 Å². The molecule has 3 heteroatoms. The van der Waals surface area contributed by atoms with Gasteiger partial charge in [0.1, 0.15) is 0 Å². The average molecular weight is 477 g/mol. The molecule has 0 saturated carbocycles. The molecule has 0 spiro atoms. The molecule has 152 valence electrons. The Morgan fingerprint density at radius 1 is 0.667 bits per heavy atom. The number of hydrogen-bond donors (Lipinski definition) is 1. The van der Waals surface area contributed by atoms with Gasteiger partial charge in [-0.1, -0.05) is 0 Å². The van der Waals surface area contributed by atoms with Crippen molar-refractivity contribution in [2.24, 2.45) is 0 Å². The summed E-state index contributed by atoms with van der Waals surface area (Å²) < 4.78 is 0. The molecule has 0 radical (unpaired) electrons. The second-order valence-electron chi connectivity index (χ2n) is 7.66. The Balaban J connectivity index is 2.09. The summed E-state index contributed by atoms with van der Waals surface area (Å²) in [6, 6.07) is 38.1. The average Bonchev–Trinajstić information content (AvgIpc) is 2.82. The normalized spacial score (nSPS) is 12.8. The fraction of sp³-hybridized carbons (Fsp3) is 0.111. The van der Waals surface area contributed by atoms with Crippen molar-refractivity contribution in [2.75, 3.05) is 0 Å². The third-order valence-electron chi connectivity index (χ3n) is 5.90. The minimum atomic E-state index is -3.10. The maximum atomic E-state index is 10.8. The number of phenols is 1. The van der Waals surface area contributed by atoms with Crippen LogP contribution in [0.1, 0.15) is 18.1 Å². The summed E-state index contributed by atoms with van der Waals surface area (Å²) in [5.41, 5.74) is 2.20. The van der Waals surface area contributed by atoms with Gasteiger partial charge >= 0.3 is 187 Å². The molecule has 30 heavy (non-hydrogen) atoms. The van der Waals surface area contributed by atoms with E-state index in [9.17, 15) is 5.11 Å². The van der Waals surface area contributed by atoms with Gasteiger partial charge in [0.25, 0.3) is 0 Å². The van der Waals surface area contributed by atoms with Crippen molar-refractivity contribution < 1.29 is 5.11 Å². The molecule has 0 aromatic heterocycles. The van der Waals surface area contributed by atoms with Gasteiger partial charge < -0.3 is 0 Å². The van der Waals surface area contributed by atoms with Gasteiger partial charge in [-0.3, -0.25) is 0 Å². The van der Waals surface area contributed by atoms with E-state index in [0.717, 1.165) is 12.0 Å². The molecule has 0 amide bonds. The van der Waals surface area contributed by atoms with Crippen LogP contribution in [0.4, 0.5) is 0 Å². The minimum absolute atomic E-state index is 0.350. The Morgan fingerprint density at radius 3 is 1.50 bits per heavy atom. The second kappa shape index (κ2) is 8.38. The topological polar surface area (TPSA) is 20.2 Å². The maximum absolute atomic E-state index is 10.8. The quantitative estimate of drug-likeness (QED) is 0.324. The molecule has 0 aliphatic carbocycles. The number of aromatic hydroxyl groups is 1. The first-order valence-corrected chi connectivity index (χ1v) is 14.7. The zero-order valence-corrected chi connectivity index (χ0v) is 19.6. The zero-order chi connectivity index (χ0) is 21.1. The number of phenolic OH excluding ortho intramolecular Hbond substituents is 1. The van der Waals surface area contributed by atoms with Crippen LogP contribution in [-0.2, 0) is 12.6 Å². The van der Waals surface area contributed by atoms with Gasteiger partial charge in [0.15, 0.2) is 0 Å². The van der Waals surface area contributed by atoms with Gasteiger partial charge in [0.2, 0.25) is 0 Å². The summed E-state index contributed by atoms with van der Waals surface area (Å²) in [5, 5.41) is 11.5. The van der Waals surface area contributed by atoms with Crippen LogP contribution in [0.15, 0.2) is 109 Å². The predicted molar refractivity (Wildman–Crippen MR) is 135 cm³/mol. The van der Waals surface area contributed by atoms with Gasteiger partial charge in [0.05, 0.1) is 0 Å². The van der Waals surface area contributed by atoms with Gasteiger partial charge in [-0.05, 0) is 0 Å². The number of rotatable bonds is 6. The Morgan fingerprint density at radius 2 is 1.10 bits per heavy atom. The first-order valence-electron chi connectivity index (χ1n) is 10.3. The number of halogens is 1. The number of hydrogen-bond acceptors (Lipinski definition) is 1. The molecule has 1 N–H and O–H groups in total. The molecule has 0 bridgehead atoms. The summed E-state index contributed by atoms with van der Waals surface area (Å²) in [7, 11) is 0. The van der Waals surface area contributed by atoms with Crippen LogP contribution in [0, 0.1) is 0 Å². The van der Waals surface area contributed by atoms with E-state index >= 15 is 0 Å². The molecule has 0 fully saturated rings. The fourth-order valence-electron chi connectivity index (χ4n) is 4.24. The Kier molecular flexibility index (Phi) is 5.82. The van der Waals surface area contributed by atoms with Gasteiger partial charge in [-0.15, -0.1) is 0 Å². The van der Waals surface area contributed by atoms with Crippen LogP contribution in [0.5, 0.6) is 5.75 Å². The number of benzene rings is 4. The monoisotopic (exact) mass is 476 g/mol. The van der Waals surface area contributed by atoms with E-state index < -0.39 is 5.31 Å². The molecular formula is C27H26BrOP. The predicted octanol–water partition coefficient (Wildman–Crippen LogP) is 6.29. The molecule has 4 aromatic carbocycles. The molecule has 0 saturated heterocycles. The summed E-state index contributed by atoms with van der Waals surface area (Å²) >= 11 is 4.45. The van der Waals surface area contributed by atoms with Crippen molar-refractivity contribution in [1.82, 2.24) is 0 Å². The molecule has 4 rings (SSSR count). The van der Waals surface area contributed by atoms with Crippen molar-refractivity contribution in [1.29, 1.82) is 0 Å². The van der Waals surface area contributed by atoms with Crippen LogP contribution in [0.3, 0.4) is 0 Å². The molecular weight excluding hydrogens is 451 g/mol. The van der Waals surface area contributed by atoms with E-state index in [1.807, 2.05) is 12.1 Å². The van der Waals surface area contributed by atoms with Gasteiger partial charge in [-0.25, -0.2) is 0 Å². The molecule has 0 aliphatic rings. The fourth-order valence-corrected chi connectivity index (χ4v) is 11.9. The molecule has 0 unspecified atom stereocenters. The number of aryl methyl sites for hydroxylation is 1. The first kappa shape index (κ1) is 20.8. The van der Waals surface area contributed by atoms with E-state index in [0.29, 0.717) is 11.9 Å². The van der Waals surface area contributed by atoms with Crippen molar-refractivity contribution >= 4 is 36.7 Å². The standard InChI is InChI=1S/C27H26BrOP/c1-2-22-18-19-27(29)23(20-22)21-30(28,24-12-6-3-7-13-24,25-14-8-4-9-15-25)26-16-10-5-11-17-26/h3-20,29H,2,21H2,1H3. The molecule has 0 heterocycles. The third kappa shape index (κ3) is 3.49. The molecule has 0 aliphatic heterocycles. The van der Waals surface area contributed by atoms with Crippen LogP contribution < -0.4 is 15.9 Å². The van der Waals surface area contributed by atoms with Gasteiger partial charge in [0, 0.05) is 0 Å². The summed E-state index contributed by atoms with van der Waals surface area (Å²) in [4.78, 5) is 0. The third-order valence-corrected chi connectivity index (χ3v) is 15.4. The Bertz CT molecular complexity index is 1030. The van der Waals surface area contributed by atoms with Crippen LogP contribution in [-0.4, -0.2) is 5.11 Å². The molecule has 0 atom stereocenters. The Hall–Kier alpha value is -2.41.